The van der Waals surface area contributed by atoms with Crippen LogP contribution in [0.2, 0.25) is 0 Å². The first-order valence-electron chi connectivity index (χ1n) is 13.0. The normalized spacial score (nSPS) is 23.6. The Morgan fingerprint density at radius 3 is 2.71 bits per heavy atom. The molecule has 5 rings (SSSR count). The summed E-state index contributed by atoms with van der Waals surface area (Å²) in [5, 5.41) is 0. The zero-order valence-corrected chi connectivity index (χ0v) is 21.2. The summed E-state index contributed by atoms with van der Waals surface area (Å²) < 4.78 is 2.00. The number of benzene rings is 1. The molecule has 1 aliphatic carbocycles. The minimum atomic E-state index is 0.0566. The molecule has 2 aliphatic rings. The van der Waals surface area contributed by atoms with Crippen molar-refractivity contribution in [1.82, 2.24) is 14.5 Å². The third-order valence-corrected chi connectivity index (χ3v) is 7.94. The summed E-state index contributed by atoms with van der Waals surface area (Å²) in [6, 6.07) is 7.90. The first kappa shape index (κ1) is 23.1. The molecule has 0 bridgehead atoms. The zero-order chi connectivity index (χ0) is 23.9. The van der Waals surface area contributed by atoms with E-state index in [4.69, 9.17) is 9.97 Å². The monoisotopic (exact) mass is 458 g/mol. The van der Waals surface area contributed by atoms with E-state index in [0.29, 0.717) is 23.8 Å². The quantitative estimate of drug-likeness (QED) is 0.415. The standard InChI is InChI=1S/C29H38N4O/c1-20-15-21(11-7-5-6-10-14-29(2,3)16-20)24-17-30-27-26(31-24)25(19-32(27)4)33-18-22-12-8-9-13-23(22)28(33)34/h8-9,12-13,17,19-21H,5-7,10-11,14-16,18H2,1-4H3. The van der Waals surface area contributed by atoms with Crippen molar-refractivity contribution in [2.24, 2.45) is 18.4 Å². The van der Waals surface area contributed by atoms with Crippen molar-refractivity contribution in [3.63, 3.8) is 0 Å². The summed E-state index contributed by atoms with van der Waals surface area (Å²) in [6.07, 6.45) is 14.1. The van der Waals surface area contributed by atoms with Crippen molar-refractivity contribution in [2.45, 2.75) is 84.6 Å². The summed E-state index contributed by atoms with van der Waals surface area (Å²) >= 11 is 0. The second kappa shape index (κ2) is 9.16. The number of anilines is 1. The fraction of sp³-hybridized carbons (Fsp3) is 0.552. The Bertz CT molecular complexity index is 1190. The van der Waals surface area contributed by atoms with Crippen LogP contribution in [0.1, 0.15) is 99.7 Å². The fourth-order valence-corrected chi connectivity index (χ4v) is 6.32. The van der Waals surface area contributed by atoms with E-state index in [1.165, 1.54) is 44.9 Å². The maximum Gasteiger partial charge on any atom is 0.259 e. The molecule has 0 saturated heterocycles. The topological polar surface area (TPSA) is 51.0 Å². The number of nitrogens with zero attached hydrogens (tertiary/aromatic N) is 4. The summed E-state index contributed by atoms with van der Waals surface area (Å²) in [5.41, 5.74) is 5.93. The van der Waals surface area contributed by atoms with Gasteiger partial charge in [-0.05, 0) is 48.6 Å². The van der Waals surface area contributed by atoms with Gasteiger partial charge in [0, 0.05) is 24.7 Å². The molecular formula is C29H38N4O. The molecule has 34 heavy (non-hydrogen) atoms. The Labute approximate surface area is 203 Å². The van der Waals surface area contributed by atoms with Crippen molar-refractivity contribution in [2.75, 3.05) is 4.90 Å². The number of aryl methyl sites for hydroxylation is 1. The van der Waals surface area contributed by atoms with Crippen LogP contribution in [0.4, 0.5) is 5.69 Å². The molecule has 2 aromatic heterocycles. The average molecular weight is 459 g/mol. The first-order chi connectivity index (χ1) is 16.3. The molecule has 3 aromatic rings. The Morgan fingerprint density at radius 2 is 1.88 bits per heavy atom. The van der Waals surface area contributed by atoms with Crippen molar-refractivity contribution in [3.8, 4) is 0 Å². The molecule has 2 unspecified atom stereocenters. The van der Waals surface area contributed by atoms with Crippen molar-refractivity contribution in [1.29, 1.82) is 0 Å². The van der Waals surface area contributed by atoms with Gasteiger partial charge in [-0.2, -0.15) is 0 Å². The lowest BCUT2D eigenvalue weighted by molar-refractivity contribution is 0.0997. The number of amides is 1. The lowest BCUT2D eigenvalue weighted by Crippen LogP contribution is -2.23. The van der Waals surface area contributed by atoms with Gasteiger partial charge in [0.2, 0.25) is 0 Å². The van der Waals surface area contributed by atoms with Crippen LogP contribution in [0, 0.1) is 11.3 Å². The molecule has 3 heterocycles. The second-order valence-corrected chi connectivity index (χ2v) is 11.5. The van der Waals surface area contributed by atoms with E-state index in [-0.39, 0.29) is 5.91 Å². The molecule has 1 saturated carbocycles. The predicted octanol–water partition coefficient (Wildman–Crippen LogP) is 7.01. The van der Waals surface area contributed by atoms with E-state index < -0.39 is 0 Å². The van der Waals surface area contributed by atoms with E-state index in [1.807, 2.05) is 53.2 Å². The van der Waals surface area contributed by atoms with Crippen LogP contribution in [0.5, 0.6) is 0 Å². The van der Waals surface area contributed by atoms with Gasteiger partial charge in [-0.1, -0.05) is 64.7 Å². The highest BCUT2D eigenvalue weighted by atomic mass is 16.2. The van der Waals surface area contributed by atoms with Crippen molar-refractivity contribution >= 4 is 22.8 Å². The van der Waals surface area contributed by atoms with Crippen molar-refractivity contribution in [3.05, 3.63) is 53.5 Å². The smallest absolute Gasteiger partial charge is 0.259 e. The summed E-state index contributed by atoms with van der Waals surface area (Å²) in [7, 11) is 1.99. The maximum absolute atomic E-state index is 13.2. The number of rotatable bonds is 2. The lowest BCUT2D eigenvalue weighted by Gasteiger charge is -2.29. The van der Waals surface area contributed by atoms with Crippen LogP contribution in [-0.2, 0) is 13.6 Å². The number of aromatic nitrogens is 3. The van der Waals surface area contributed by atoms with Gasteiger partial charge in [0.25, 0.3) is 5.91 Å². The fourth-order valence-electron chi connectivity index (χ4n) is 6.32. The summed E-state index contributed by atoms with van der Waals surface area (Å²) in [4.78, 5) is 25.1. The zero-order valence-electron chi connectivity index (χ0n) is 21.2. The molecule has 180 valence electrons. The number of hydrogen-bond donors (Lipinski definition) is 0. The molecule has 5 heteroatoms. The van der Waals surface area contributed by atoms with Crippen LogP contribution in [0.15, 0.2) is 36.7 Å². The van der Waals surface area contributed by atoms with Crippen LogP contribution < -0.4 is 4.90 Å². The van der Waals surface area contributed by atoms with Gasteiger partial charge in [-0.3, -0.25) is 4.79 Å². The van der Waals surface area contributed by atoms with E-state index in [0.717, 1.165) is 40.1 Å². The third-order valence-electron chi connectivity index (χ3n) is 7.94. The van der Waals surface area contributed by atoms with E-state index >= 15 is 0 Å². The SMILES string of the molecule is CC1CC(c2cnc3c(n2)c(N2Cc4ccccc4C2=O)cn3C)CCCCCCC(C)(C)C1. The maximum atomic E-state index is 13.2. The molecule has 2 atom stereocenters. The van der Waals surface area contributed by atoms with Crippen molar-refractivity contribution < 1.29 is 4.79 Å². The molecule has 0 spiro atoms. The molecule has 0 N–H and O–H groups in total. The highest BCUT2D eigenvalue weighted by Gasteiger charge is 2.31. The minimum Gasteiger partial charge on any atom is -0.332 e. The van der Waals surface area contributed by atoms with Gasteiger partial charge < -0.3 is 9.47 Å². The van der Waals surface area contributed by atoms with Gasteiger partial charge in [0.15, 0.2) is 5.65 Å². The molecule has 1 aliphatic heterocycles. The number of carbonyl (C=O) groups is 1. The van der Waals surface area contributed by atoms with Gasteiger partial charge in [0.1, 0.15) is 5.52 Å². The Kier molecular flexibility index (Phi) is 6.22. The van der Waals surface area contributed by atoms with Crippen LogP contribution >= 0.6 is 0 Å². The van der Waals surface area contributed by atoms with Gasteiger partial charge in [0.05, 0.1) is 24.1 Å². The third kappa shape index (κ3) is 4.49. The Morgan fingerprint density at radius 1 is 1.09 bits per heavy atom. The van der Waals surface area contributed by atoms with Gasteiger partial charge in [-0.25, -0.2) is 9.97 Å². The predicted molar refractivity (Wildman–Crippen MR) is 138 cm³/mol. The molecule has 5 nitrogen and oxygen atoms in total. The second-order valence-electron chi connectivity index (χ2n) is 11.5. The molecule has 1 amide bonds. The van der Waals surface area contributed by atoms with E-state index in [1.54, 1.807) is 0 Å². The lowest BCUT2D eigenvalue weighted by atomic mass is 9.77. The summed E-state index contributed by atoms with van der Waals surface area (Å²) in [5.74, 6) is 1.13. The number of carbonyl (C=O) groups excluding carboxylic acids is 1. The molecule has 0 radical (unpaired) electrons. The highest BCUT2D eigenvalue weighted by Crippen LogP contribution is 2.39. The first-order valence-corrected chi connectivity index (χ1v) is 13.0. The highest BCUT2D eigenvalue weighted by molar-refractivity contribution is 6.12. The van der Waals surface area contributed by atoms with Crippen LogP contribution in [0.3, 0.4) is 0 Å². The van der Waals surface area contributed by atoms with E-state index in [9.17, 15) is 4.79 Å². The number of hydrogen-bond acceptors (Lipinski definition) is 3. The number of fused-ring (bicyclic) bond motifs is 2. The Hall–Kier alpha value is -2.69. The summed E-state index contributed by atoms with van der Waals surface area (Å²) in [6.45, 7) is 7.87. The minimum absolute atomic E-state index is 0.0566. The molecule has 1 aromatic carbocycles. The molecule has 1 fully saturated rings. The Balaban J connectivity index is 1.48. The van der Waals surface area contributed by atoms with Crippen LogP contribution in [0.25, 0.3) is 11.2 Å². The van der Waals surface area contributed by atoms with Gasteiger partial charge >= 0.3 is 0 Å². The average Bonchev–Trinajstić information content (AvgIpc) is 3.30. The van der Waals surface area contributed by atoms with Gasteiger partial charge in [-0.15, -0.1) is 0 Å². The van der Waals surface area contributed by atoms with Crippen LogP contribution in [-0.4, -0.2) is 20.4 Å². The van der Waals surface area contributed by atoms with E-state index in [2.05, 4.69) is 20.8 Å². The molecular weight excluding hydrogens is 420 g/mol. The largest absolute Gasteiger partial charge is 0.332 e.